The molecule has 1 aromatic rings. The average molecular weight is 374 g/mol. The Kier molecular flexibility index (Phi) is 8.60. The van der Waals surface area contributed by atoms with Crippen molar-refractivity contribution in [1.82, 2.24) is 5.32 Å². The molecule has 104 valence electrons. The van der Waals surface area contributed by atoms with Crippen LogP contribution in [0, 0.1) is 6.92 Å². The van der Waals surface area contributed by atoms with Crippen LogP contribution in [-0.4, -0.2) is 25.0 Å². The van der Waals surface area contributed by atoms with Gasteiger partial charge in [-0.15, -0.1) is 30.6 Å². The summed E-state index contributed by atoms with van der Waals surface area (Å²) in [4.78, 5) is 15.2. The lowest BCUT2D eigenvalue weighted by Crippen LogP contribution is -2.29. The van der Waals surface area contributed by atoms with E-state index >= 15 is 0 Å². The van der Waals surface area contributed by atoms with Crippen LogP contribution in [-0.2, 0) is 4.79 Å². The second-order valence-electron chi connectivity index (χ2n) is 3.79. The molecule has 0 aliphatic rings. The van der Waals surface area contributed by atoms with E-state index in [-0.39, 0.29) is 42.4 Å². The Balaban J connectivity index is 0.00000324. The van der Waals surface area contributed by atoms with Gasteiger partial charge in [-0.25, -0.2) is 4.99 Å². The molecule has 19 heavy (non-hydrogen) atoms. The Morgan fingerprint density at radius 2 is 2.05 bits per heavy atom. The van der Waals surface area contributed by atoms with Gasteiger partial charge in [0.15, 0.2) is 5.96 Å². The van der Waals surface area contributed by atoms with E-state index in [1.807, 2.05) is 31.2 Å². The van der Waals surface area contributed by atoms with Gasteiger partial charge in [-0.2, -0.15) is 0 Å². The molecule has 4 N–H and O–H groups in total. The number of aliphatic imine (C=N–C) groups is 1. The fourth-order valence-corrected chi connectivity index (χ4v) is 1.22. The number of hydrogen-bond acceptors (Lipinski definition) is 2. The number of hydrogen-bond donors (Lipinski definition) is 3. The van der Waals surface area contributed by atoms with E-state index in [1.54, 1.807) is 6.08 Å². The number of guanidine groups is 1. The van der Waals surface area contributed by atoms with Crippen molar-refractivity contribution in [2.45, 2.75) is 6.92 Å². The fourth-order valence-electron chi connectivity index (χ4n) is 1.22. The van der Waals surface area contributed by atoms with Crippen molar-refractivity contribution in [3.8, 4) is 0 Å². The Morgan fingerprint density at radius 3 is 2.63 bits per heavy atom. The second kappa shape index (κ2) is 9.37. The molecule has 5 nitrogen and oxygen atoms in total. The minimum absolute atomic E-state index is 0. The van der Waals surface area contributed by atoms with Crippen LogP contribution in [0.1, 0.15) is 5.56 Å². The van der Waals surface area contributed by atoms with Gasteiger partial charge in [-0.05, 0) is 19.1 Å². The monoisotopic (exact) mass is 374 g/mol. The zero-order chi connectivity index (χ0) is 13.4. The van der Waals surface area contributed by atoms with Gasteiger partial charge in [0.05, 0.1) is 0 Å². The van der Waals surface area contributed by atoms with Crippen molar-refractivity contribution in [2.24, 2.45) is 10.7 Å². The van der Waals surface area contributed by atoms with Gasteiger partial charge < -0.3 is 16.4 Å². The Labute approximate surface area is 130 Å². The highest BCUT2D eigenvalue weighted by atomic mass is 127. The lowest BCUT2D eigenvalue weighted by atomic mass is 10.2. The van der Waals surface area contributed by atoms with Crippen molar-refractivity contribution in [3.63, 3.8) is 0 Å². The van der Waals surface area contributed by atoms with Gasteiger partial charge in [-0.3, -0.25) is 4.79 Å². The van der Waals surface area contributed by atoms with E-state index in [4.69, 9.17) is 5.73 Å². The molecule has 6 heteroatoms. The van der Waals surface area contributed by atoms with E-state index in [0.717, 1.165) is 5.69 Å². The molecule has 0 aromatic heterocycles. The maximum atomic E-state index is 11.3. The molecule has 0 fully saturated rings. The summed E-state index contributed by atoms with van der Waals surface area (Å²) in [5, 5.41) is 5.52. The summed E-state index contributed by atoms with van der Waals surface area (Å²) in [5.41, 5.74) is 7.67. The number of benzene rings is 1. The first-order valence-electron chi connectivity index (χ1n) is 5.63. The van der Waals surface area contributed by atoms with Crippen LogP contribution < -0.4 is 16.4 Å². The van der Waals surface area contributed by atoms with Gasteiger partial charge in [0.1, 0.15) is 6.54 Å². The molecule has 0 spiro atoms. The van der Waals surface area contributed by atoms with Crippen LogP contribution >= 0.6 is 24.0 Å². The number of halogens is 1. The third kappa shape index (κ3) is 7.45. The fraction of sp³-hybridized carbons (Fsp3) is 0.231. The first-order valence-corrected chi connectivity index (χ1v) is 5.63. The summed E-state index contributed by atoms with van der Waals surface area (Å²) in [5.74, 6) is 0.0242. The average Bonchev–Trinajstić information content (AvgIpc) is 2.36. The third-order valence-corrected chi connectivity index (χ3v) is 2.16. The highest BCUT2D eigenvalue weighted by molar-refractivity contribution is 14.0. The first kappa shape index (κ1) is 17.4. The van der Waals surface area contributed by atoms with Crippen LogP contribution in [0.5, 0.6) is 0 Å². The van der Waals surface area contributed by atoms with Gasteiger partial charge in [0.2, 0.25) is 5.91 Å². The van der Waals surface area contributed by atoms with Gasteiger partial charge >= 0.3 is 0 Å². The topological polar surface area (TPSA) is 79.5 Å². The van der Waals surface area contributed by atoms with Crippen LogP contribution in [0.4, 0.5) is 5.69 Å². The van der Waals surface area contributed by atoms with Crippen molar-refractivity contribution in [2.75, 3.05) is 18.4 Å². The molecule has 1 aromatic carbocycles. The molecular weight excluding hydrogens is 355 g/mol. The highest BCUT2D eigenvalue weighted by Crippen LogP contribution is 2.07. The van der Waals surface area contributed by atoms with E-state index in [0.29, 0.717) is 6.54 Å². The number of nitrogens with one attached hydrogen (secondary N) is 2. The quantitative estimate of drug-likeness (QED) is 0.317. The molecule has 0 heterocycles. The van der Waals surface area contributed by atoms with Crippen molar-refractivity contribution >= 4 is 41.5 Å². The number of aryl methyl sites for hydroxylation is 1. The summed E-state index contributed by atoms with van der Waals surface area (Å²) in [6.07, 6.45) is 1.61. The van der Waals surface area contributed by atoms with E-state index in [9.17, 15) is 4.79 Å². The van der Waals surface area contributed by atoms with E-state index < -0.39 is 0 Å². The molecule has 0 aliphatic heterocycles. The molecule has 0 atom stereocenters. The molecule has 0 unspecified atom stereocenters. The molecule has 1 amide bonds. The van der Waals surface area contributed by atoms with Crippen molar-refractivity contribution in [3.05, 3.63) is 42.5 Å². The Hall–Kier alpha value is -1.57. The molecule has 0 radical (unpaired) electrons. The van der Waals surface area contributed by atoms with Crippen molar-refractivity contribution < 1.29 is 4.79 Å². The minimum Gasteiger partial charge on any atom is -0.370 e. The van der Waals surface area contributed by atoms with Gasteiger partial charge in [0.25, 0.3) is 0 Å². The third-order valence-electron chi connectivity index (χ3n) is 2.16. The lowest BCUT2D eigenvalue weighted by molar-refractivity contribution is -0.119. The number of nitrogens with two attached hydrogens (primary N) is 1. The molecule has 0 saturated carbocycles. The first-order chi connectivity index (χ1) is 8.61. The Bertz CT molecular complexity index is 442. The Morgan fingerprint density at radius 1 is 1.42 bits per heavy atom. The lowest BCUT2D eigenvalue weighted by Gasteiger charge is -2.05. The van der Waals surface area contributed by atoms with Crippen LogP contribution in [0.3, 0.4) is 0 Å². The zero-order valence-electron chi connectivity index (χ0n) is 10.8. The van der Waals surface area contributed by atoms with Crippen molar-refractivity contribution in [1.29, 1.82) is 0 Å². The molecule has 0 aliphatic carbocycles. The zero-order valence-corrected chi connectivity index (χ0v) is 13.2. The number of rotatable bonds is 5. The van der Waals surface area contributed by atoms with Crippen LogP contribution in [0.25, 0.3) is 0 Å². The number of carbonyl (C=O) groups excluding carboxylic acids is 1. The highest BCUT2D eigenvalue weighted by Gasteiger charge is 1.99. The predicted molar refractivity (Wildman–Crippen MR) is 89.9 cm³/mol. The number of carbonyl (C=O) groups is 1. The number of amides is 1. The predicted octanol–water partition coefficient (Wildman–Crippen LogP) is 1.64. The summed E-state index contributed by atoms with van der Waals surface area (Å²) in [6, 6.07) is 7.73. The summed E-state index contributed by atoms with van der Waals surface area (Å²) in [6.45, 7) is 5.94. The second-order valence-corrected chi connectivity index (χ2v) is 3.79. The minimum atomic E-state index is -0.191. The summed E-state index contributed by atoms with van der Waals surface area (Å²) < 4.78 is 0. The van der Waals surface area contributed by atoms with Crippen LogP contribution in [0.15, 0.2) is 41.9 Å². The summed E-state index contributed by atoms with van der Waals surface area (Å²) in [7, 11) is 0. The summed E-state index contributed by atoms with van der Waals surface area (Å²) >= 11 is 0. The largest absolute Gasteiger partial charge is 0.370 e. The molecule has 0 bridgehead atoms. The van der Waals surface area contributed by atoms with Crippen LogP contribution in [0.2, 0.25) is 0 Å². The molecule has 1 rings (SSSR count). The smallest absolute Gasteiger partial charge is 0.242 e. The maximum Gasteiger partial charge on any atom is 0.242 e. The number of nitrogens with zero attached hydrogens (tertiary/aromatic N) is 1. The molecule has 0 saturated heterocycles. The SMILES string of the molecule is C=CCNC(=O)CN=C(N)Nc1ccc(C)cc1.I. The maximum absolute atomic E-state index is 11.3. The van der Waals surface area contributed by atoms with Gasteiger partial charge in [-0.1, -0.05) is 23.8 Å². The van der Waals surface area contributed by atoms with E-state index in [2.05, 4.69) is 22.2 Å². The number of anilines is 1. The van der Waals surface area contributed by atoms with Gasteiger partial charge in [0, 0.05) is 12.2 Å². The standard InChI is InChI=1S/C13H18N4O.HI/c1-3-8-15-12(18)9-16-13(14)17-11-6-4-10(2)5-7-11;/h3-7H,1,8-9H2,2H3,(H,15,18)(H3,14,16,17);1H. The van der Waals surface area contributed by atoms with E-state index in [1.165, 1.54) is 5.56 Å². The molecular formula is C13H19IN4O. The normalized spacial score (nSPS) is 10.3.